The summed E-state index contributed by atoms with van der Waals surface area (Å²) in [5.41, 5.74) is 5.40. The van der Waals surface area contributed by atoms with Gasteiger partial charge in [0.15, 0.2) is 0 Å². The summed E-state index contributed by atoms with van der Waals surface area (Å²) >= 11 is 5.12. The van der Waals surface area contributed by atoms with Gasteiger partial charge in [-0.15, -0.1) is 0 Å². The van der Waals surface area contributed by atoms with Crippen molar-refractivity contribution < 1.29 is 0 Å². The molecule has 1 aliphatic rings. The summed E-state index contributed by atoms with van der Waals surface area (Å²) in [5, 5.41) is 0. The molecule has 2 nitrogen and oxygen atoms in total. The van der Waals surface area contributed by atoms with Crippen LogP contribution in [0.2, 0.25) is 0 Å². The van der Waals surface area contributed by atoms with Gasteiger partial charge >= 0.3 is 0 Å². The smallest absolute Gasteiger partial charge is 0.117 e. The van der Waals surface area contributed by atoms with Crippen molar-refractivity contribution in [3.8, 4) is 0 Å². The van der Waals surface area contributed by atoms with Crippen LogP contribution in [0.3, 0.4) is 0 Å². The predicted octanol–water partition coefficient (Wildman–Crippen LogP) is 1.30. The average Bonchev–Trinajstić information content (AvgIpc) is 1.62. The van der Waals surface area contributed by atoms with E-state index in [1.807, 2.05) is 0 Å². The summed E-state index contributed by atoms with van der Waals surface area (Å²) in [6.45, 7) is 0. The quantitative estimate of drug-likeness (QED) is 0.424. The van der Waals surface area contributed by atoms with Gasteiger partial charge in [-0.2, -0.15) is 4.51 Å². The molecule has 1 aliphatic carbocycles. The molecule has 0 aromatic heterocycles. The normalized spacial score (nSPS) is 22.9. The first-order valence-electron chi connectivity index (χ1n) is 2.79. The molecule has 8 heavy (non-hydrogen) atoms. The Bertz CT molecular complexity index is 107. The van der Waals surface area contributed by atoms with Gasteiger partial charge in [0, 0.05) is 17.7 Å². The van der Waals surface area contributed by atoms with E-state index in [1.165, 1.54) is 19.3 Å². The fourth-order valence-electron chi connectivity index (χ4n) is 0.773. The first kappa shape index (κ1) is 5.89. The molecular weight excluding hydrogens is 124 g/mol. The molecule has 0 amide bonds. The Balaban J connectivity index is 2.34. The Morgan fingerprint density at radius 3 is 2.38 bits per heavy atom. The molecule has 0 aromatic carbocycles. The predicted molar refractivity (Wildman–Crippen MR) is 34.8 cm³/mol. The number of amidine groups is 1. The van der Waals surface area contributed by atoms with Gasteiger partial charge in [-0.3, -0.25) is 0 Å². The third-order valence-electron chi connectivity index (χ3n) is 1.62. The van der Waals surface area contributed by atoms with E-state index >= 15 is 0 Å². The van der Waals surface area contributed by atoms with Crippen molar-refractivity contribution in [3.63, 3.8) is 0 Å². The lowest BCUT2D eigenvalue weighted by molar-refractivity contribution is 0.411. The molecule has 1 fully saturated rings. The summed E-state index contributed by atoms with van der Waals surface area (Å²) < 4.78 is 3.38. The van der Waals surface area contributed by atoms with Gasteiger partial charge in [0.05, 0.1) is 0 Å². The van der Waals surface area contributed by atoms with Gasteiger partial charge in [-0.05, 0) is 12.8 Å². The number of nitrogens with zero attached hydrogens (tertiary/aromatic N) is 1. The van der Waals surface area contributed by atoms with Crippen LogP contribution >= 0.6 is 11.8 Å². The lowest BCUT2D eigenvalue weighted by atomic mass is 9.85. The molecule has 46 valence electrons. The summed E-state index contributed by atoms with van der Waals surface area (Å²) in [6, 6.07) is 0. The van der Waals surface area contributed by atoms with Crippen LogP contribution in [0.5, 0.6) is 0 Å². The molecule has 0 atom stereocenters. The van der Waals surface area contributed by atoms with Gasteiger partial charge in [0.25, 0.3) is 0 Å². The standard InChI is InChI=1S/C5H9ClN2/c6-8-5(7)4-2-1-3-4/h4H,1-3H2,(H2,7,8). The van der Waals surface area contributed by atoms with Gasteiger partial charge in [-0.1, -0.05) is 6.42 Å². The van der Waals surface area contributed by atoms with Crippen molar-refractivity contribution in [1.82, 2.24) is 0 Å². The maximum Gasteiger partial charge on any atom is 0.117 e. The summed E-state index contributed by atoms with van der Waals surface area (Å²) in [5.74, 6) is 1.10. The number of halogens is 1. The van der Waals surface area contributed by atoms with Gasteiger partial charge in [0.2, 0.25) is 0 Å². The summed E-state index contributed by atoms with van der Waals surface area (Å²) in [4.78, 5) is 0. The second-order valence-corrected chi connectivity index (χ2v) is 2.31. The van der Waals surface area contributed by atoms with E-state index in [9.17, 15) is 0 Å². The highest BCUT2D eigenvalue weighted by atomic mass is 35.5. The number of hydrogen-bond donors (Lipinski definition) is 1. The maximum absolute atomic E-state index is 5.40. The highest BCUT2D eigenvalue weighted by molar-refractivity contribution is 6.19. The molecule has 0 unspecified atom stereocenters. The molecule has 3 heteroatoms. The van der Waals surface area contributed by atoms with Gasteiger partial charge < -0.3 is 5.73 Å². The molecule has 0 saturated heterocycles. The van der Waals surface area contributed by atoms with Crippen molar-refractivity contribution in [3.05, 3.63) is 0 Å². The molecular formula is C5H9ClN2. The van der Waals surface area contributed by atoms with Crippen molar-refractivity contribution in [2.45, 2.75) is 19.3 Å². The van der Waals surface area contributed by atoms with Crippen LogP contribution in [0.4, 0.5) is 0 Å². The molecule has 0 aliphatic heterocycles. The third kappa shape index (κ3) is 0.944. The molecule has 1 saturated carbocycles. The van der Waals surface area contributed by atoms with E-state index in [2.05, 4.69) is 4.51 Å². The third-order valence-corrected chi connectivity index (χ3v) is 1.82. The lowest BCUT2D eigenvalue weighted by Gasteiger charge is -2.23. The number of hydrogen-bond acceptors (Lipinski definition) is 1. The number of nitrogens with two attached hydrogens (primary N) is 1. The second-order valence-electron chi connectivity index (χ2n) is 2.14. The first-order valence-corrected chi connectivity index (χ1v) is 3.12. The van der Waals surface area contributed by atoms with Crippen LogP contribution in [0, 0.1) is 5.92 Å². The minimum absolute atomic E-state index is 0.493. The molecule has 0 bridgehead atoms. The fraction of sp³-hybridized carbons (Fsp3) is 0.800. The molecule has 0 spiro atoms. The zero-order chi connectivity index (χ0) is 5.98. The monoisotopic (exact) mass is 132 g/mol. The summed E-state index contributed by atoms with van der Waals surface area (Å²) in [7, 11) is 0. The van der Waals surface area contributed by atoms with E-state index in [0.717, 1.165) is 0 Å². The van der Waals surface area contributed by atoms with Crippen molar-refractivity contribution in [1.29, 1.82) is 0 Å². The summed E-state index contributed by atoms with van der Waals surface area (Å²) in [6.07, 6.45) is 3.61. The highest BCUT2D eigenvalue weighted by Crippen LogP contribution is 2.26. The zero-order valence-electron chi connectivity index (χ0n) is 4.60. The minimum Gasteiger partial charge on any atom is -0.386 e. The van der Waals surface area contributed by atoms with Crippen LogP contribution < -0.4 is 5.73 Å². The van der Waals surface area contributed by atoms with Gasteiger partial charge in [-0.25, -0.2) is 0 Å². The Morgan fingerprint density at radius 1 is 1.62 bits per heavy atom. The molecule has 0 radical (unpaired) electrons. The van der Waals surface area contributed by atoms with Crippen molar-refractivity contribution in [2.24, 2.45) is 16.2 Å². The van der Waals surface area contributed by atoms with Crippen LogP contribution in [0.1, 0.15) is 19.3 Å². The molecule has 0 heterocycles. The van der Waals surface area contributed by atoms with Crippen LogP contribution in [-0.4, -0.2) is 5.84 Å². The zero-order valence-corrected chi connectivity index (χ0v) is 5.36. The van der Waals surface area contributed by atoms with Crippen LogP contribution in [0.25, 0.3) is 0 Å². The Hall–Kier alpha value is -0.240. The van der Waals surface area contributed by atoms with Crippen LogP contribution in [-0.2, 0) is 0 Å². The van der Waals surface area contributed by atoms with Crippen molar-refractivity contribution >= 4 is 17.6 Å². The first-order chi connectivity index (χ1) is 3.84. The minimum atomic E-state index is 0.493. The fourth-order valence-corrected chi connectivity index (χ4v) is 0.911. The van der Waals surface area contributed by atoms with E-state index in [1.54, 1.807) is 0 Å². The van der Waals surface area contributed by atoms with E-state index in [0.29, 0.717) is 11.8 Å². The number of rotatable bonds is 1. The largest absolute Gasteiger partial charge is 0.386 e. The maximum atomic E-state index is 5.40. The van der Waals surface area contributed by atoms with E-state index in [4.69, 9.17) is 17.5 Å². The van der Waals surface area contributed by atoms with E-state index in [-0.39, 0.29) is 0 Å². The highest BCUT2D eigenvalue weighted by Gasteiger charge is 2.20. The topological polar surface area (TPSA) is 38.4 Å². The molecule has 0 aromatic rings. The van der Waals surface area contributed by atoms with Crippen LogP contribution in [0.15, 0.2) is 4.51 Å². The average molecular weight is 133 g/mol. The second kappa shape index (κ2) is 2.35. The van der Waals surface area contributed by atoms with Crippen molar-refractivity contribution in [2.75, 3.05) is 0 Å². The van der Waals surface area contributed by atoms with Gasteiger partial charge in [0.1, 0.15) is 5.84 Å². The Morgan fingerprint density at radius 2 is 2.25 bits per heavy atom. The molecule has 2 N–H and O–H groups in total. The Labute approximate surface area is 53.8 Å². The van der Waals surface area contributed by atoms with E-state index < -0.39 is 0 Å². The Kier molecular flexibility index (Phi) is 1.73. The SMILES string of the molecule is N/C(=N\Cl)C1CCC1. The lowest BCUT2D eigenvalue weighted by Crippen LogP contribution is -2.28. The molecule has 1 rings (SSSR count).